The van der Waals surface area contributed by atoms with Crippen molar-refractivity contribution in [1.29, 1.82) is 0 Å². The molecular weight excluding hydrogens is 250 g/mol. The predicted octanol–water partition coefficient (Wildman–Crippen LogP) is 0.543. The fraction of sp³-hybridized carbons (Fsp3) is 0.417. The van der Waals surface area contributed by atoms with Gasteiger partial charge in [0.1, 0.15) is 11.5 Å². The quantitative estimate of drug-likeness (QED) is 0.778. The van der Waals surface area contributed by atoms with Gasteiger partial charge in [-0.1, -0.05) is 12.0 Å². The molecule has 0 aliphatic heterocycles. The number of nitrogens with two attached hydrogens (primary N) is 1. The van der Waals surface area contributed by atoms with E-state index in [4.69, 9.17) is 5.73 Å². The molecule has 1 saturated carbocycles. The molecule has 1 aliphatic carbocycles. The highest BCUT2D eigenvalue weighted by atomic mass is 32.2. The Balaban J connectivity index is 2.08. The Kier molecular flexibility index (Phi) is 3.84. The van der Waals surface area contributed by atoms with Gasteiger partial charge >= 0.3 is 0 Å². The van der Waals surface area contributed by atoms with E-state index in [9.17, 15) is 8.42 Å². The van der Waals surface area contributed by atoms with Crippen molar-refractivity contribution in [2.45, 2.75) is 12.8 Å². The molecule has 1 fully saturated rings. The van der Waals surface area contributed by atoms with Crippen LogP contribution in [0.25, 0.3) is 0 Å². The Bertz CT molecular complexity index is 583. The van der Waals surface area contributed by atoms with E-state index < -0.39 is 10.0 Å². The van der Waals surface area contributed by atoms with E-state index in [2.05, 4.69) is 21.5 Å². The lowest BCUT2D eigenvalue weighted by Crippen LogP contribution is -2.18. The molecular formula is C12H15N3O2S. The molecule has 0 saturated heterocycles. The third-order valence-corrected chi connectivity index (χ3v) is 3.91. The van der Waals surface area contributed by atoms with Gasteiger partial charge in [-0.25, -0.2) is 13.4 Å². The standard InChI is InChI=1S/C12H15N3O2S/c13-8-2-4-11-3-1-5-12(14-11)15-18(16,17)9-10-6-7-10/h1,3,5,10H,6-9,13H2,(H,14,15). The van der Waals surface area contributed by atoms with Crippen LogP contribution in [0, 0.1) is 17.8 Å². The number of nitrogens with zero attached hydrogens (tertiary/aromatic N) is 1. The van der Waals surface area contributed by atoms with Crippen molar-refractivity contribution in [3.05, 3.63) is 23.9 Å². The number of rotatable bonds is 4. The second kappa shape index (κ2) is 5.38. The Labute approximate surface area is 107 Å². The molecule has 0 amide bonds. The second-order valence-electron chi connectivity index (χ2n) is 4.24. The molecule has 96 valence electrons. The first-order valence-electron chi connectivity index (χ1n) is 5.75. The number of aromatic nitrogens is 1. The van der Waals surface area contributed by atoms with Gasteiger partial charge in [0.25, 0.3) is 0 Å². The molecule has 6 heteroatoms. The van der Waals surface area contributed by atoms with Crippen LogP contribution >= 0.6 is 0 Å². The molecule has 0 bridgehead atoms. The van der Waals surface area contributed by atoms with E-state index in [1.807, 2.05) is 0 Å². The lowest BCUT2D eigenvalue weighted by molar-refractivity contribution is 0.597. The van der Waals surface area contributed by atoms with Gasteiger partial charge in [0, 0.05) is 0 Å². The van der Waals surface area contributed by atoms with Gasteiger partial charge in [-0.05, 0) is 36.8 Å². The molecule has 1 aromatic heterocycles. The van der Waals surface area contributed by atoms with Gasteiger partial charge in [0.15, 0.2) is 0 Å². The van der Waals surface area contributed by atoms with E-state index in [1.165, 1.54) is 0 Å². The van der Waals surface area contributed by atoms with Crippen LogP contribution in [0.1, 0.15) is 18.5 Å². The smallest absolute Gasteiger partial charge is 0.234 e. The molecule has 18 heavy (non-hydrogen) atoms. The van der Waals surface area contributed by atoms with Crippen molar-refractivity contribution < 1.29 is 8.42 Å². The maximum absolute atomic E-state index is 11.8. The first-order valence-corrected chi connectivity index (χ1v) is 7.41. The normalized spacial score (nSPS) is 14.7. The highest BCUT2D eigenvalue weighted by Gasteiger charge is 2.28. The van der Waals surface area contributed by atoms with E-state index >= 15 is 0 Å². The van der Waals surface area contributed by atoms with Crippen molar-refractivity contribution in [3.8, 4) is 11.8 Å². The van der Waals surface area contributed by atoms with Gasteiger partial charge in [-0.3, -0.25) is 4.72 Å². The maximum Gasteiger partial charge on any atom is 0.234 e. The zero-order valence-electron chi connectivity index (χ0n) is 9.89. The van der Waals surface area contributed by atoms with Crippen LogP contribution in [-0.4, -0.2) is 25.7 Å². The average Bonchev–Trinajstić information content (AvgIpc) is 3.09. The summed E-state index contributed by atoms with van der Waals surface area (Å²) in [5.41, 5.74) is 5.77. The monoisotopic (exact) mass is 265 g/mol. The predicted molar refractivity (Wildman–Crippen MR) is 70.3 cm³/mol. The molecule has 5 nitrogen and oxygen atoms in total. The minimum absolute atomic E-state index is 0.174. The highest BCUT2D eigenvalue weighted by Crippen LogP contribution is 2.30. The summed E-state index contributed by atoms with van der Waals surface area (Å²) in [4.78, 5) is 4.10. The zero-order valence-corrected chi connectivity index (χ0v) is 10.7. The Hall–Kier alpha value is -1.58. The van der Waals surface area contributed by atoms with Gasteiger partial charge in [-0.15, -0.1) is 0 Å². The first-order chi connectivity index (χ1) is 8.59. The lowest BCUT2D eigenvalue weighted by Gasteiger charge is -2.06. The molecule has 0 aromatic carbocycles. The van der Waals surface area contributed by atoms with E-state index in [0.29, 0.717) is 17.4 Å². The van der Waals surface area contributed by atoms with Crippen LogP contribution in [0.15, 0.2) is 18.2 Å². The molecule has 0 atom stereocenters. The summed E-state index contributed by atoms with van der Waals surface area (Å²) in [7, 11) is -3.29. The van der Waals surface area contributed by atoms with Gasteiger partial charge < -0.3 is 5.73 Å². The van der Waals surface area contributed by atoms with E-state index in [0.717, 1.165) is 12.8 Å². The largest absolute Gasteiger partial charge is 0.320 e. The number of hydrogen-bond donors (Lipinski definition) is 2. The number of sulfonamides is 1. The highest BCUT2D eigenvalue weighted by molar-refractivity contribution is 7.92. The molecule has 1 aromatic rings. The van der Waals surface area contributed by atoms with Crippen LogP contribution in [0.2, 0.25) is 0 Å². The Morgan fingerprint density at radius 2 is 2.22 bits per heavy atom. The van der Waals surface area contributed by atoms with Crippen LogP contribution in [0.3, 0.4) is 0 Å². The average molecular weight is 265 g/mol. The van der Waals surface area contributed by atoms with Gasteiger partial charge in [0.2, 0.25) is 10.0 Å². The summed E-state index contributed by atoms with van der Waals surface area (Å²) in [6, 6.07) is 5.03. The van der Waals surface area contributed by atoms with Crippen LogP contribution < -0.4 is 10.5 Å². The fourth-order valence-corrected chi connectivity index (χ4v) is 2.97. The van der Waals surface area contributed by atoms with Crippen LogP contribution in [-0.2, 0) is 10.0 Å². The molecule has 0 spiro atoms. The molecule has 1 heterocycles. The summed E-state index contributed by atoms with van der Waals surface area (Å²) in [6.45, 7) is 0.249. The minimum atomic E-state index is -3.29. The number of hydrogen-bond acceptors (Lipinski definition) is 4. The van der Waals surface area contributed by atoms with Crippen molar-refractivity contribution in [3.63, 3.8) is 0 Å². The molecule has 1 aliphatic rings. The summed E-state index contributed by atoms with van der Waals surface area (Å²) in [5, 5.41) is 0. The topological polar surface area (TPSA) is 85.1 Å². The van der Waals surface area contributed by atoms with Gasteiger partial charge in [-0.2, -0.15) is 0 Å². The summed E-state index contributed by atoms with van der Waals surface area (Å²) >= 11 is 0. The lowest BCUT2D eigenvalue weighted by atomic mass is 10.3. The number of nitrogens with one attached hydrogen (secondary N) is 1. The molecule has 0 radical (unpaired) electrons. The van der Waals surface area contributed by atoms with Crippen molar-refractivity contribution >= 4 is 15.8 Å². The third kappa shape index (κ3) is 4.02. The van der Waals surface area contributed by atoms with Crippen molar-refractivity contribution in [1.82, 2.24) is 4.98 Å². The molecule has 3 N–H and O–H groups in total. The van der Waals surface area contributed by atoms with Crippen molar-refractivity contribution in [2.24, 2.45) is 11.7 Å². The Morgan fingerprint density at radius 3 is 2.89 bits per heavy atom. The second-order valence-corrected chi connectivity index (χ2v) is 6.01. The number of pyridine rings is 1. The third-order valence-electron chi connectivity index (χ3n) is 2.48. The van der Waals surface area contributed by atoms with Crippen LogP contribution in [0.5, 0.6) is 0 Å². The zero-order chi connectivity index (χ0) is 13.0. The van der Waals surface area contributed by atoms with E-state index in [1.54, 1.807) is 18.2 Å². The SMILES string of the molecule is NCC#Cc1cccc(NS(=O)(=O)CC2CC2)n1. The number of anilines is 1. The maximum atomic E-state index is 11.8. The fourth-order valence-electron chi connectivity index (χ4n) is 1.50. The summed E-state index contributed by atoms with van der Waals surface area (Å²) < 4.78 is 26.0. The minimum Gasteiger partial charge on any atom is -0.320 e. The van der Waals surface area contributed by atoms with Crippen LogP contribution in [0.4, 0.5) is 5.82 Å². The summed E-state index contributed by atoms with van der Waals surface area (Å²) in [6.07, 6.45) is 1.99. The van der Waals surface area contributed by atoms with Crippen molar-refractivity contribution in [2.75, 3.05) is 17.0 Å². The summed E-state index contributed by atoms with van der Waals surface area (Å²) in [5.74, 6) is 6.22. The van der Waals surface area contributed by atoms with Gasteiger partial charge in [0.05, 0.1) is 12.3 Å². The first kappa shape index (κ1) is 12.9. The molecule has 0 unspecified atom stereocenters. The Morgan fingerprint density at radius 1 is 1.44 bits per heavy atom. The molecule has 2 rings (SSSR count). The van der Waals surface area contributed by atoms with E-state index in [-0.39, 0.29) is 12.3 Å².